The van der Waals surface area contributed by atoms with E-state index in [1.165, 1.54) is 18.2 Å². The number of hydrogen-bond donors (Lipinski definition) is 2. The number of rotatable bonds is 7. The van der Waals surface area contributed by atoms with Crippen molar-refractivity contribution in [2.75, 3.05) is 26.4 Å². The van der Waals surface area contributed by atoms with Crippen LogP contribution in [0.3, 0.4) is 0 Å². The Bertz CT molecular complexity index is 977. The van der Waals surface area contributed by atoms with Gasteiger partial charge < -0.3 is 29.0 Å². The van der Waals surface area contributed by atoms with E-state index in [0.717, 1.165) is 26.4 Å². The van der Waals surface area contributed by atoms with Gasteiger partial charge in [-0.25, -0.2) is 0 Å². The summed E-state index contributed by atoms with van der Waals surface area (Å²) in [6.45, 7) is 3.26. The number of ether oxygens (including phenoxy) is 3. The molecule has 6 nitrogen and oxygen atoms in total. The Hall–Kier alpha value is -2.63. The molecule has 2 aliphatic rings. The van der Waals surface area contributed by atoms with Crippen molar-refractivity contribution < 1.29 is 29.0 Å². The molecule has 3 aromatic rings. The summed E-state index contributed by atoms with van der Waals surface area (Å²) in [4.78, 5) is 0. The van der Waals surface area contributed by atoms with Gasteiger partial charge in [-0.1, -0.05) is 60.7 Å². The summed E-state index contributed by atoms with van der Waals surface area (Å²) in [6, 6.07) is 22.1. The normalized spacial score (nSPS) is 19.2. The lowest BCUT2D eigenvalue weighted by molar-refractivity contribution is 0.102. The van der Waals surface area contributed by atoms with Gasteiger partial charge in [-0.15, -0.1) is 0 Å². The molecule has 7 heteroatoms. The molecule has 2 unspecified atom stereocenters. The molecule has 2 N–H and O–H groups in total. The zero-order chi connectivity index (χ0) is 21.7. The quantitative estimate of drug-likeness (QED) is 0.333. The van der Waals surface area contributed by atoms with Crippen molar-refractivity contribution in [3.05, 3.63) is 78.9 Å². The van der Waals surface area contributed by atoms with E-state index in [4.69, 9.17) is 14.2 Å². The first kappa shape index (κ1) is 21.6. The largest absolute Gasteiger partial charge is 0.508 e. The van der Waals surface area contributed by atoms with Gasteiger partial charge in [0, 0.05) is 10.6 Å². The van der Waals surface area contributed by atoms with E-state index in [9.17, 15) is 14.8 Å². The Morgan fingerprint density at radius 1 is 0.806 bits per heavy atom. The smallest absolute Gasteiger partial charge is 0.174 e. The molecule has 5 rings (SSSR count). The van der Waals surface area contributed by atoms with Crippen LogP contribution in [-0.4, -0.2) is 48.8 Å². The maximum absolute atomic E-state index is 13.9. The van der Waals surface area contributed by atoms with Crippen LogP contribution in [0.15, 0.2) is 78.9 Å². The summed E-state index contributed by atoms with van der Waals surface area (Å²) >= 11 is 0. The fraction of sp³-hybridized carbons (Fsp3) is 0.250. The van der Waals surface area contributed by atoms with Crippen LogP contribution in [0.5, 0.6) is 11.5 Å². The van der Waals surface area contributed by atoms with Crippen LogP contribution in [0.4, 0.5) is 0 Å². The van der Waals surface area contributed by atoms with E-state index in [0.29, 0.717) is 22.8 Å². The van der Waals surface area contributed by atoms with Gasteiger partial charge in [0.05, 0.1) is 31.7 Å². The predicted molar refractivity (Wildman–Crippen MR) is 119 cm³/mol. The third kappa shape index (κ3) is 5.54. The second-order valence-corrected chi connectivity index (χ2v) is 10.1. The van der Waals surface area contributed by atoms with Crippen molar-refractivity contribution in [1.82, 2.24) is 0 Å². The average Bonchev–Trinajstić information content (AvgIpc) is 3.73. The van der Waals surface area contributed by atoms with Crippen LogP contribution in [0.2, 0.25) is 0 Å². The highest BCUT2D eigenvalue weighted by atomic mass is 31.2. The highest BCUT2D eigenvalue weighted by Gasteiger charge is 2.32. The monoisotopic (exact) mass is 440 g/mol. The SMILES string of the molecule is C(OCC1CO1)C1CO1.O=P(c1ccccc1)(c1ccccc1)c1cc(O)ccc1O. The molecule has 3 aromatic carbocycles. The second kappa shape index (κ2) is 9.67. The van der Waals surface area contributed by atoms with Crippen molar-refractivity contribution >= 4 is 23.1 Å². The fourth-order valence-corrected chi connectivity index (χ4v) is 5.88. The minimum Gasteiger partial charge on any atom is -0.508 e. The van der Waals surface area contributed by atoms with Crippen molar-refractivity contribution in [2.24, 2.45) is 0 Å². The summed E-state index contributed by atoms with van der Waals surface area (Å²) in [5.41, 5.74) is 0. The molecule has 2 atom stereocenters. The zero-order valence-electron chi connectivity index (χ0n) is 17.0. The molecule has 0 radical (unpaired) electrons. The van der Waals surface area contributed by atoms with Crippen molar-refractivity contribution in [1.29, 1.82) is 0 Å². The number of phenolic OH excluding ortho intramolecular Hbond substituents is 2. The predicted octanol–water partition coefficient (Wildman–Crippen LogP) is 2.54. The maximum atomic E-state index is 13.9. The molecular formula is C24H25O6P. The van der Waals surface area contributed by atoms with Crippen LogP contribution in [0.25, 0.3) is 0 Å². The summed E-state index contributed by atoms with van der Waals surface area (Å²) in [6.07, 6.45) is 0.785. The molecule has 162 valence electrons. The molecule has 0 amide bonds. The lowest BCUT2D eigenvalue weighted by Crippen LogP contribution is -2.25. The second-order valence-electron chi connectivity index (χ2n) is 7.40. The van der Waals surface area contributed by atoms with Gasteiger partial charge in [0.2, 0.25) is 0 Å². The van der Waals surface area contributed by atoms with E-state index in [-0.39, 0.29) is 16.8 Å². The van der Waals surface area contributed by atoms with Gasteiger partial charge >= 0.3 is 0 Å². The van der Waals surface area contributed by atoms with Crippen molar-refractivity contribution in [3.63, 3.8) is 0 Å². The van der Waals surface area contributed by atoms with Gasteiger partial charge in [-0.3, -0.25) is 0 Å². The molecule has 2 saturated heterocycles. The maximum Gasteiger partial charge on any atom is 0.174 e. The van der Waals surface area contributed by atoms with E-state index < -0.39 is 7.14 Å². The summed E-state index contributed by atoms with van der Waals surface area (Å²) in [7, 11) is -3.25. The Morgan fingerprint density at radius 3 is 1.74 bits per heavy atom. The first-order valence-corrected chi connectivity index (χ1v) is 11.8. The molecule has 0 aliphatic carbocycles. The Morgan fingerprint density at radius 2 is 1.29 bits per heavy atom. The summed E-state index contributed by atoms with van der Waals surface area (Å²) in [5, 5.41) is 21.4. The van der Waals surface area contributed by atoms with Crippen LogP contribution < -0.4 is 15.9 Å². The van der Waals surface area contributed by atoms with Gasteiger partial charge in [-0.2, -0.15) is 0 Å². The molecule has 2 fully saturated rings. The van der Waals surface area contributed by atoms with Gasteiger partial charge in [0.25, 0.3) is 0 Å². The molecule has 0 spiro atoms. The first-order valence-electron chi connectivity index (χ1n) is 10.1. The third-order valence-electron chi connectivity index (χ3n) is 4.95. The highest BCUT2D eigenvalue weighted by Crippen LogP contribution is 2.45. The van der Waals surface area contributed by atoms with E-state index >= 15 is 0 Å². The Labute approximate surface area is 181 Å². The van der Waals surface area contributed by atoms with E-state index in [1.54, 1.807) is 24.3 Å². The number of aromatic hydroxyl groups is 2. The topological polar surface area (TPSA) is 91.8 Å². The minimum atomic E-state index is -3.25. The van der Waals surface area contributed by atoms with Gasteiger partial charge in [0.1, 0.15) is 23.7 Å². The van der Waals surface area contributed by atoms with Crippen LogP contribution >= 0.6 is 7.14 Å². The standard InChI is InChI=1S/C18H15O3P.C6H10O3/c19-14-11-12-17(20)18(13-14)22(21,15-7-3-1-4-8-15)16-9-5-2-6-10-16;1(5-3-8-5)7-2-6-4-9-6/h1-13,19-20H;5-6H,1-4H2. The molecule has 2 heterocycles. The Kier molecular flexibility index (Phi) is 6.73. The van der Waals surface area contributed by atoms with E-state index in [2.05, 4.69) is 0 Å². The zero-order valence-corrected chi connectivity index (χ0v) is 17.9. The van der Waals surface area contributed by atoms with Gasteiger partial charge in [0.15, 0.2) is 7.14 Å². The molecule has 0 aromatic heterocycles. The molecule has 31 heavy (non-hydrogen) atoms. The Balaban J connectivity index is 0.000000212. The summed E-state index contributed by atoms with van der Waals surface area (Å²) in [5.74, 6) is -0.117. The highest BCUT2D eigenvalue weighted by molar-refractivity contribution is 7.85. The van der Waals surface area contributed by atoms with Crippen molar-refractivity contribution in [3.8, 4) is 11.5 Å². The third-order valence-corrected chi connectivity index (χ3v) is 8.04. The number of phenols is 2. The average molecular weight is 440 g/mol. The van der Waals surface area contributed by atoms with Crippen LogP contribution in [0.1, 0.15) is 0 Å². The lowest BCUT2D eigenvalue weighted by atomic mass is 10.3. The minimum absolute atomic E-state index is 0.0279. The summed E-state index contributed by atoms with van der Waals surface area (Å²) < 4.78 is 29.0. The number of epoxide rings is 2. The molecular weight excluding hydrogens is 415 g/mol. The van der Waals surface area contributed by atoms with Gasteiger partial charge in [-0.05, 0) is 18.2 Å². The molecule has 2 aliphatic heterocycles. The number of hydrogen-bond acceptors (Lipinski definition) is 6. The molecule has 0 saturated carbocycles. The lowest BCUT2D eigenvalue weighted by Gasteiger charge is -2.20. The van der Waals surface area contributed by atoms with Crippen LogP contribution in [-0.2, 0) is 18.8 Å². The van der Waals surface area contributed by atoms with Crippen LogP contribution in [0, 0.1) is 0 Å². The first-order chi connectivity index (χ1) is 15.1. The van der Waals surface area contributed by atoms with E-state index in [1.807, 2.05) is 36.4 Å². The fourth-order valence-electron chi connectivity index (χ4n) is 3.13. The number of benzene rings is 3. The molecule has 0 bridgehead atoms. The van der Waals surface area contributed by atoms with Crippen molar-refractivity contribution in [2.45, 2.75) is 12.2 Å².